The number of rotatable bonds is 4. The molecule has 10 heteroatoms. The Balaban J connectivity index is 1.52. The van der Waals surface area contributed by atoms with Crippen LogP contribution >= 0.6 is 0 Å². The van der Waals surface area contributed by atoms with Gasteiger partial charge in [-0.25, -0.2) is 0 Å². The van der Waals surface area contributed by atoms with E-state index in [2.05, 4.69) is 10.6 Å². The minimum atomic E-state index is -1.05. The highest BCUT2D eigenvalue weighted by molar-refractivity contribution is 6.24. The Morgan fingerprint density at radius 2 is 1.86 bits per heavy atom. The number of imide groups is 2. The highest BCUT2D eigenvalue weighted by Gasteiger charge is 2.46. The molecule has 0 aliphatic carbocycles. The smallest absolute Gasteiger partial charge is 0.266 e. The maximum atomic E-state index is 13.0. The Labute approximate surface area is 166 Å². The molecule has 3 aliphatic heterocycles. The predicted octanol–water partition coefficient (Wildman–Crippen LogP) is -1.10. The normalized spacial score (nSPS) is 21.9. The highest BCUT2D eigenvalue weighted by Crippen LogP contribution is 2.33. The lowest BCUT2D eigenvalue weighted by molar-refractivity contribution is -0.136. The number of nitrogens with one attached hydrogen (secondary N) is 2. The van der Waals surface area contributed by atoms with Gasteiger partial charge in [-0.05, 0) is 18.6 Å². The minimum absolute atomic E-state index is 0.0373. The third-order valence-electron chi connectivity index (χ3n) is 5.25. The summed E-state index contributed by atoms with van der Waals surface area (Å²) in [7, 11) is 0. The number of piperazine rings is 1. The van der Waals surface area contributed by atoms with E-state index < -0.39 is 29.7 Å². The third-order valence-corrected chi connectivity index (χ3v) is 5.25. The summed E-state index contributed by atoms with van der Waals surface area (Å²) in [4.78, 5) is 64.1. The van der Waals surface area contributed by atoms with Crippen LogP contribution in [0, 0.1) is 0 Å². The van der Waals surface area contributed by atoms with Crippen LogP contribution in [0.5, 0.6) is 5.75 Å². The zero-order valence-corrected chi connectivity index (χ0v) is 15.6. The average molecular weight is 400 g/mol. The molecule has 5 amide bonds. The average Bonchev–Trinajstić information content (AvgIpc) is 2.98. The fourth-order valence-electron chi connectivity index (χ4n) is 3.75. The molecule has 0 aromatic heterocycles. The Hall–Kier alpha value is -3.27. The summed E-state index contributed by atoms with van der Waals surface area (Å²) in [5.74, 6) is -2.46. The molecular formula is C19H20N4O6. The van der Waals surface area contributed by atoms with Crippen molar-refractivity contribution in [1.29, 1.82) is 0 Å². The second-order valence-electron chi connectivity index (χ2n) is 7.05. The quantitative estimate of drug-likeness (QED) is 0.615. The van der Waals surface area contributed by atoms with Crippen LogP contribution in [0.15, 0.2) is 18.2 Å². The molecule has 152 valence electrons. The number of carbonyl (C=O) groups excluding carboxylic acids is 5. The summed E-state index contributed by atoms with van der Waals surface area (Å²) < 4.78 is 5.60. The lowest BCUT2D eigenvalue weighted by Crippen LogP contribution is -2.54. The molecule has 1 atom stereocenters. The van der Waals surface area contributed by atoms with Crippen LogP contribution in [0.25, 0.3) is 0 Å². The number of amides is 5. The number of hydrogen-bond acceptors (Lipinski definition) is 7. The van der Waals surface area contributed by atoms with Crippen molar-refractivity contribution in [2.45, 2.75) is 18.9 Å². The van der Waals surface area contributed by atoms with Gasteiger partial charge in [-0.15, -0.1) is 0 Å². The van der Waals surface area contributed by atoms with Crippen LogP contribution in [0.1, 0.15) is 33.6 Å². The maximum absolute atomic E-state index is 13.0. The van der Waals surface area contributed by atoms with Gasteiger partial charge in [-0.3, -0.25) is 34.2 Å². The Bertz CT molecular complexity index is 908. The van der Waals surface area contributed by atoms with Gasteiger partial charge < -0.3 is 15.0 Å². The number of ether oxygens (including phenoxy) is 1. The first-order valence-electron chi connectivity index (χ1n) is 9.43. The van der Waals surface area contributed by atoms with E-state index in [1.165, 1.54) is 12.1 Å². The first kappa shape index (κ1) is 19.1. The first-order valence-corrected chi connectivity index (χ1v) is 9.43. The third kappa shape index (κ3) is 3.46. The van der Waals surface area contributed by atoms with Crippen LogP contribution < -0.4 is 15.4 Å². The van der Waals surface area contributed by atoms with Gasteiger partial charge in [0.05, 0.1) is 11.1 Å². The molecule has 10 nitrogen and oxygen atoms in total. The number of piperidine rings is 1. The standard InChI is InChI=1S/C19H20N4O6/c24-14-5-4-12(17(26)21-14)23-18(27)11-2-1-3-13(16(11)19(23)28)29-10-15(25)22-8-6-20-7-9-22/h1-3,12,20H,4-10H2,(H,21,24,26). The van der Waals surface area contributed by atoms with Gasteiger partial charge in [-0.2, -0.15) is 0 Å². The van der Waals surface area contributed by atoms with E-state index in [-0.39, 0.29) is 42.2 Å². The monoisotopic (exact) mass is 400 g/mol. The van der Waals surface area contributed by atoms with Gasteiger partial charge in [0.2, 0.25) is 11.8 Å². The Morgan fingerprint density at radius 3 is 2.59 bits per heavy atom. The Kier molecular flexibility index (Phi) is 5.01. The molecule has 3 heterocycles. The van der Waals surface area contributed by atoms with Crippen LogP contribution in [0.4, 0.5) is 0 Å². The van der Waals surface area contributed by atoms with Gasteiger partial charge in [0.15, 0.2) is 6.61 Å². The zero-order chi connectivity index (χ0) is 20.5. The van der Waals surface area contributed by atoms with Gasteiger partial charge in [0.1, 0.15) is 11.8 Å². The summed E-state index contributed by atoms with van der Waals surface area (Å²) in [6.07, 6.45) is 0.125. The molecule has 1 aromatic rings. The summed E-state index contributed by atoms with van der Waals surface area (Å²) in [6.45, 7) is 2.32. The molecular weight excluding hydrogens is 380 g/mol. The van der Waals surface area contributed by atoms with Gasteiger partial charge in [0.25, 0.3) is 17.7 Å². The number of fused-ring (bicyclic) bond motifs is 1. The van der Waals surface area contributed by atoms with E-state index in [1.54, 1.807) is 11.0 Å². The molecule has 0 saturated carbocycles. The summed E-state index contributed by atoms with van der Waals surface area (Å²) in [5, 5.41) is 5.31. The molecule has 3 aliphatic rings. The Morgan fingerprint density at radius 1 is 1.10 bits per heavy atom. The molecule has 2 saturated heterocycles. The second-order valence-corrected chi connectivity index (χ2v) is 7.05. The fourth-order valence-corrected chi connectivity index (χ4v) is 3.75. The molecule has 2 fully saturated rings. The van der Waals surface area contributed by atoms with E-state index >= 15 is 0 Å². The van der Waals surface area contributed by atoms with Crippen LogP contribution in [0.3, 0.4) is 0 Å². The fraction of sp³-hybridized carbons (Fsp3) is 0.421. The van der Waals surface area contributed by atoms with Gasteiger partial charge in [0, 0.05) is 32.6 Å². The van der Waals surface area contributed by atoms with E-state index in [1.807, 2.05) is 0 Å². The van der Waals surface area contributed by atoms with Crippen molar-refractivity contribution < 1.29 is 28.7 Å². The molecule has 0 bridgehead atoms. The van der Waals surface area contributed by atoms with Crippen LogP contribution in [0.2, 0.25) is 0 Å². The van der Waals surface area contributed by atoms with Crippen molar-refractivity contribution in [3.8, 4) is 5.75 Å². The van der Waals surface area contributed by atoms with Crippen molar-refractivity contribution in [3.05, 3.63) is 29.3 Å². The van der Waals surface area contributed by atoms with Crippen molar-refractivity contribution in [1.82, 2.24) is 20.4 Å². The van der Waals surface area contributed by atoms with Gasteiger partial charge >= 0.3 is 0 Å². The molecule has 2 N–H and O–H groups in total. The van der Waals surface area contributed by atoms with E-state index in [0.717, 1.165) is 4.90 Å². The van der Waals surface area contributed by atoms with Crippen molar-refractivity contribution in [3.63, 3.8) is 0 Å². The minimum Gasteiger partial charge on any atom is -0.483 e. The van der Waals surface area contributed by atoms with Crippen LogP contribution in [-0.4, -0.2) is 78.2 Å². The van der Waals surface area contributed by atoms with Gasteiger partial charge in [-0.1, -0.05) is 6.07 Å². The molecule has 0 spiro atoms. The largest absolute Gasteiger partial charge is 0.483 e. The van der Waals surface area contributed by atoms with E-state index in [0.29, 0.717) is 26.2 Å². The molecule has 4 rings (SSSR count). The molecule has 1 unspecified atom stereocenters. The topological polar surface area (TPSA) is 125 Å². The zero-order valence-electron chi connectivity index (χ0n) is 15.6. The summed E-state index contributed by atoms with van der Waals surface area (Å²) in [5.41, 5.74) is 0.155. The lowest BCUT2D eigenvalue weighted by atomic mass is 10.0. The molecule has 0 radical (unpaired) electrons. The number of hydrogen-bond donors (Lipinski definition) is 2. The highest BCUT2D eigenvalue weighted by atomic mass is 16.5. The SMILES string of the molecule is O=C1CCC(N2C(=O)c3cccc(OCC(=O)N4CCNCC4)c3C2=O)C(=O)N1. The molecule has 29 heavy (non-hydrogen) atoms. The maximum Gasteiger partial charge on any atom is 0.266 e. The number of nitrogens with zero attached hydrogens (tertiary/aromatic N) is 2. The van der Waals surface area contributed by atoms with E-state index in [4.69, 9.17) is 4.74 Å². The van der Waals surface area contributed by atoms with E-state index in [9.17, 15) is 24.0 Å². The summed E-state index contributed by atoms with van der Waals surface area (Å²) in [6, 6.07) is 3.51. The van der Waals surface area contributed by atoms with Crippen molar-refractivity contribution >= 4 is 29.5 Å². The molecule has 1 aromatic carbocycles. The predicted molar refractivity (Wildman–Crippen MR) is 98.1 cm³/mol. The summed E-state index contributed by atoms with van der Waals surface area (Å²) >= 11 is 0. The lowest BCUT2D eigenvalue weighted by Gasteiger charge is -2.28. The van der Waals surface area contributed by atoms with Crippen molar-refractivity contribution in [2.75, 3.05) is 32.8 Å². The number of carbonyl (C=O) groups is 5. The van der Waals surface area contributed by atoms with Crippen LogP contribution in [-0.2, 0) is 14.4 Å². The van der Waals surface area contributed by atoms with Crippen molar-refractivity contribution in [2.24, 2.45) is 0 Å². The first-order chi connectivity index (χ1) is 14.0. The number of benzene rings is 1. The second kappa shape index (κ2) is 7.63.